The highest BCUT2D eigenvalue weighted by atomic mass is 127. The van der Waals surface area contributed by atoms with E-state index in [0.717, 1.165) is 10.0 Å². The van der Waals surface area contributed by atoms with Crippen molar-refractivity contribution in [2.24, 2.45) is 0 Å². The Labute approximate surface area is 143 Å². The summed E-state index contributed by atoms with van der Waals surface area (Å²) < 4.78 is 7.35. The summed E-state index contributed by atoms with van der Waals surface area (Å²) in [7, 11) is 1.92. The lowest BCUT2D eigenvalue weighted by Gasteiger charge is -2.19. The molecule has 0 saturated carbocycles. The Kier molecular flexibility index (Phi) is 4.19. The first-order valence-electron chi connectivity index (χ1n) is 6.33. The molecule has 0 aliphatic heterocycles. The summed E-state index contributed by atoms with van der Waals surface area (Å²) >= 11 is 5.84. The molecule has 2 aromatic carbocycles. The highest BCUT2D eigenvalue weighted by Crippen LogP contribution is 2.29. The first-order chi connectivity index (χ1) is 10.1. The van der Waals surface area contributed by atoms with Gasteiger partial charge in [0, 0.05) is 8.04 Å². The molecule has 108 valence electrons. The highest BCUT2D eigenvalue weighted by molar-refractivity contribution is 14.1. The van der Waals surface area contributed by atoms with Crippen LogP contribution in [-0.4, -0.2) is 12.0 Å². The molecule has 3 aromatic rings. The first-order valence-corrected chi connectivity index (χ1v) is 8.20. The molecule has 0 saturated heterocycles. The van der Waals surface area contributed by atoms with E-state index in [1.54, 1.807) is 0 Å². The van der Waals surface area contributed by atoms with Crippen molar-refractivity contribution in [3.63, 3.8) is 0 Å². The van der Waals surface area contributed by atoms with Crippen molar-refractivity contribution in [2.75, 3.05) is 7.05 Å². The lowest BCUT2D eigenvalue weighted by Crippen LogP contribution is -2.18. The number of nitrogens with one attached hydrogen (secondary N) is 2. The van der Waals surface area contributed by atoms with Gasteiger partial charge in [0.15, 0.2) is 5.58 Å². The minimum Gasteiger partial charge on any atom is -0.408 e. The quantitative estimate of drug-likeness (QED) is 0.587. The van der Waals surface area contributed by atoms with Crippen LogP contribution >= 0.6 is 38.5 Å². The van der Waals surface area contributed by atoms with Gasteiger partial charge in [0.25, 0.3) is 0 Å². The summed E-state index contributed by atoms with van der Waals surface area (Å²) in [5.41, 5.74) is 3.50. The molecule has 0 aliphatic rings. The Bertz CT molecular complexity index is 856. The summed E-state index contributed by atoms with van der Waals surface area (Å²) in [5.74, 6) is -0.430. The van der Waals surface area contributed by atoms with Gasteiger partial charge in [-0.1, -0.05) is 22.0 Å². The van der Waals surface area contributed by atoms with E-state index in [9.17, 15) is 4.79 Å². The zero-order chi connectivity index (χ0) is 15.0. The van der Waals surface area contributed by atoms with Crippen LogP contribution in [0.1, 0.15) is 17.2 Å². The number of H-pyrrole nitrogens is 1. The van der Waals surface area contributed by atoms with Crippen LogP contribution in [0.5, 0.6) is 0 Å². The molecule has 0 fully saturated rings. The zero-order valence-corrected chi connectivity index (χ0v) is 14.9. The van der Waals surface area contributed by atoms with Crippen LogP contribution in [0.25, 0.3) is 11.1 Å². The molecule has 6 heteroatoms. The Hall–Kier alpha value is -1.12. The van der Waals surface area contributed by atoms with E-state index >= 15 is 0 Å². The van der Waals surface area contributed by atoms with Crippen molar-refractivity contribution in [1.82, 2.24) is 10.3 Å². The third-order valence-corrected chi connectivity index (χ3v) is 4.81. The number of halogens is 2. The van der Waals surface area contributed by atoms with E-state index in [4.69, 9.17) is 4.42 Å². The maximum Gasteiger partial charge on any atom is 0.417 e. The summed E-state index contributed by atoms with van der Waals surface area (Å²) in [6.45, 7) is 0. The summed E-state index contributed by atoms with van der Waals surface area (Å²) in [6, 6.07) is 12.0. The van der Waals surface area contributed by atoms with Crippen LogP contribution < -0.4 is 11.1 Å². The third-order valence-electron chi connectivity index (χ3n) is 3.34. The standard InChI is InChI=1S/C15H12BrIN2O2/c1-18-14(10-7-9(16)3-4-11(10)17)8-2-5-12-13(6-8)21-15(20)19-12/h2-7,14,18H,1H3,(H,19,20). The Morgan fingerprint density at radius 3 is 2.86 bits per heavy atom. The number of benzene rings is 2. The summed E-state index contributed by atoms with van der Waals surface area (Å²) in [5, 5.41) is 3.32. The average molecular weight is 459 g/mol. The number of rotatable bonds is 3. The molecule has 0 bridgehead atoms. The normalized spacial score (nSPS) is 12.7. The maximum atomic E-state index is 11.3. The van der Waals surface area contributed by atoms with E-state index < -0.39 is 5.76 Å². The van der Waals surface area contributed by atoms with Crippen LogP contribution in [0.3, 0.4) is 0 Å². The van der Waals surface area contributed by atoms with Gasteiger partial charge in [-0.15, -0.1) is 0 Å². The minimum absolute atomic E-state index is 0.0269. The Morgan fingerprint density at radius 2 is 2.10 bits per heavy atom. The Morgan fingerprint density at radius 1 is 1.29 bits per heavy atom. The number of aromatic amines is 1. The van der Waals surface area contributed by atoms with Crippen molar-refractivity contribution in [1.29, 1.82) is 0 Å². The Balaban J connectivity index is 2.12. The van der Waals surface area contributed by atoms with Crippen LogP contribution in [0.4, 0.5) is 0 Å². The van der Waals surface area contributed by atoms with Gasteiger partial charge in [-0.25, -0.2) is 4.79 Å². The predicted octanol–water partition coefficient (Wildman–Crippen LogP) is 3.80. The molecule has 1 atom stereocenters. The van der Waals surface area contributed by atoms with E-state index in [-0.39, 0.29) is 6.04 Å². The van der Waals surface area contributed by atoms with Crippen LogP contribution in [0, 0.1) is 3.57 Å². The molecule has 1 heterocycles. The number of hydrogen-bond donors (Lipinski definition) is 2. The molecule has 1 unspecified atom stereocenters. The molecule has 1 aromatic heterocycles. The van der Waals surface area contributed by atoms with Crippen molar-refractivity contribution >= 4 is 49.6 Å². The molecule has 0 aliphatic carbocycles. The molecule has 3 rings (SSSR count). The van der Waals surface area contributed by atoms with Crippen molar-refractivity contribution < 1.29 is 4.42 Å². The number of fused-ring (bicyclic) bond motifs is 1. The van der Waals surface area contributed by atoms with Gasteiger partial charge in [-0.3, -0.25) is 4.98 Å². The fourth-order valence-corrected chi connectivity index (χ4v) is 3.40. The molecule has 21 heavy (non-hydrogen) atoms. The smallest absolute Gasteiger partial charge is 0.408 e. The molecule has 0 amide bonds. The number of oxazole rings is 1. The second-order valence-corrected chi connectivity index (χ2v) is 6.74. The summed E-state index contributed by atoms with van der Waals surface area (Å²) in [4.78, 5) is 13.9. The highest BCUT2D eigenvalue weighted by Gasteiger charge is 2.16. The number of aromatic nitrogens is 1. The third kappa shape index (κ3) is 2.93. The number of hydrogen-bond acceptors (Lipinski definition) is 3. The van der Waals surface area contributed by atoms with Gasteiger partial charge < -0.3 is 9.73 Å². The van der Waals surface area contributed by atoms with Crippen LogP contribution in [0.15, 0.2) is 50.1 Å². The fraction of sp³-hybridized carbons (Fsp3) is 0.133. The largest absolute Gasteiger partial charge is 0.417 e. The van der Waals surface area contributed by atoms with E-state index in [1.807, 2.05) is 31.3 Å². The predicted molar refractivity (Wildman–Crippen MR) is 94.6 cm³/mol. The van der Waals surface area contributed by atoms with E-state index in [2.05, 4.69) is 61.0 Å². The van der Waals surface area contributed by atoms with Crippen LogP contribution in [-0.2, 0) is 0 Å². The molecular weight excluding hydrogens is 447 g/mol. The SMILES string of the molecule is CNC(c1ccc2[nH]c(=O)oc2c1)c1cc(Br)ccc1I. The molecule has 4 nitrogen and oxygen atoms in total. The van der Waals surface area contributed by atoms with Crippen molar-refractivity contribution in [2.45, 2.75) is 6.04 Å². The van der Waals surface area contributed by atoms with Gasteiger partial charge in [-0.05, 0) is 71.1 Å². The van der Waals surface area contributed by atoms with E-state index in [0.29, 0.717) is 11.1 Å². The average Bonchev–Trinajstić information content (AvgIpc) is 2.83. The lowest BCUT2D eigenvalue weighted by molar-refractivity contribution is 0.554. The van der Waals surface area contributed by atoms with Gasteiger partial charge in [0.05, 0.1) is 11.6 Å². The second kappa shape index (κ2) is 5.94. The summed E-state index contributed by atoms with van der Waals surface area (Å²) in [6.07, 6.45) is 0. The minimum atomic E-state index is -0.430. The fourth-order valence-electron chi connectivity index (χ4n) is 2.38. The first kappa shape index (κ1) is 14.8. The topological polar surface area (TPSA) is 58.0 Å². The van der Waals surface area contributed by atoms with E-state index in [1.165, 1.54) is 9.13 Å². The second-order valence-electron chi connectivity index (χ2n) is 4.66. The van der Waals surface area contributed by atoms with Gasteiger partial charge in [0.2, 0.25) is 0 Å². The zero-order valence-electron chi connectivity index (χ0n) is 11.1. The van der Waals surface area contributed by atoms with Crippen molar-refractivity contribution in [3.8, 4) is 0 Å². The monoisotopic (exact) mass is 458 g/mol. The molecule has 2 N–H and O–H groups in total. The van der Waals surface area contributed by atoms with Gasteiger partial charge >= 0.3 is 5.76 Å². The van der Waals surface area contributed by atoms with Gasteiger partial charge in [0.1, 0.15) is 0 Å². The maximum absolute atomic E-state index is 11.3. The van der Waals surface area contributed by atoms with Crippen LogP contribution in [0.2, 0.25) is 0 Å². The van der Waals surface area contributed by atoms with Crippen molar-refractivity contribution in [3.05, 3.63) is 66.1 Å². The lowest BCUT2D eigenvalue weighted by atomic mass is 9.99. The molecule has 0 radical (unpaired) electrons. The molecule has 0 spiro atoms. The molecular formula is C15H12BrIN2O2. The van der Waals surface area contributed by atoms with Gasteiger partial charge in [-0.2, -0.15) is 0 Å².